The van der Waals surface area contributed by atoms with Crippen molar-refractivity contribution in [1.29, 1.82) is 0 Å². The molecule has 1 aliphatic rings. The van der Waals surface area contributed by atoms with Gasteiger partial charge in [-0.2, -0.15) is 5.10 Å². The fourth-order valence-corrected chi connectivity index (χ4v) is 4.61. The molecule has 0 aliphatic carbocycles. The van der Waals surface area contributed by atoms with Gasteiger partial charge in [0.05, 0.1) is 11.4 Å². The van der Waals surface area contributed by atoms with Gasteiger partial charge in [-0.25, -0.2) is 9.80 Å². The molecule has 0 radical (unpaired) electrons. The van der Waals surface area contributed by atoms with Gasteiger partial charge in [-0.05, 0) is 62.3 Å². The first-order valence-corrected chi connectivity index (χ1v) is 11.7. The molecule has 0 unspecified atom stereocenters. The quantitative estimate of drug-likeness (QED) is 0.226. The highest BCUT2D eigenvalue weighted by molar-refractivity contribution is 7.80. The zero-order chi connectivity index (χ0) is 24.7. The molecule has 0 fully saturated rings. The van der Waals surface area contributed by atoms with E-state index in [0.717, 1.165) is 39.0 Å². The second-order valence-electron chi connectivity index (χ2n) is 9.17. The monoisotopic (exact) mass is 483 g/mol. The molecule has 0 amide bonds. The second kappa shape index (κ2) is 8.67. The van der Waals surface area contributed by atoms with Crippen LogP contribution in [-0.2, 0) is 0 Å². The summed E-state index contributed by atoms with van der Waals surface area (Å²) in [5.74, 6) is 0.636. The molecule has 5 rings (SSSR count). The maximum Gasteiger partial charge on any atom is 0.336 e. The number of hydrazone groups is 1. The third kappa shape index (κ3) is 4.31. The molecule has 6 nitrogen and oxygen atoms in total. The summed E-state index contributed by atoms with van der Waals surface area (Å²) < 4.78 is 12.1. The molecule has 35 heavy (non-hydrogen) atoms. The third-order valence-corrected chi connectivity index (χ3v) is 6.18. The van der Waals surface area contributed by atoms with Crippen molar-refractivity contribution in [3.05, 3.63) is 94.3 Å². The number of nitrogens with two attached hydrogens (primary N) is 1. The van der Waals surface area contributed by atoms with Crippen molar-refractivity contribution in [3.63, 3.8) is 0 Å². The van der Waals surface area contributed by atoms with Gasteiger partial charge in [-0.15, -0.1) is 0 Å². The van der Waals surface area contributed by atoms with Crippen molar-refractivity contribution in [3.8, 4) is 16.9 Å². The zero-order valence-electron chi connectivity index (χ0n) is 19.7. The van der Waals surface area contributed by atoms with Crippen molar-refractivity contribution in [2.24, 2.45) is 10.8 Å². The van der Waals surface area contributed by atoms with Crippen LogP contribution in [-0.4, -0.2) is 16.4 Å². The molecule has 2 N–H and O–H groups in total. The molecule has 176 valence electrons. The van der Waals surface area contributed by atoms with E-state index in [4.69, 9.17) is 32.2 Å². The van der Waals surface area contributed by atoms with Crippen molar-refractivity contribution < 1.29 is 9.15 Å². The molecule has 7 heteroatoms. The Morgan fingerprint density at radius 1 is 1.03 bits per heavy atom. The lowest BCUT2D eigenvalue weighted by atomic mass is 9.88. The van der Waals surface area contributed by atoms with Crippen LogP contribution >= 0.6 is 12.2 Å². The Hall–Kier alpha value is -3.97. The average molecular weight is 484 g/mol. The first kappa shape index (κ1) is 22.8. The number of rotatable bonds is 3. The molecule has 4 aromatic rings. The van der Waals surface area contributed by atoms with Crippen LogP contribution in [0.25, 0.3) is 22.1 Å². The van der Waals surface area contributed by atoms with Gasteiger partial charge in [-0.3, -0.25) is 0 Å². The first-order valence-electron chi connectivity index (χ1n) is 11.3. The van der Waals surface area contributed by atoms with Crippen molar-refractivity contribution in [1.82, 2.24) is 0 Å². The number of nitrogens with zero attached hydrogens (tertiary/aromatic N) is 2. The Labute approximate surface area is 208 Å². The van der Waals surface area contributed by atoms with Crippen LogP contribution < -0.4 is 21.1 Å². The molecule has 3 aromatic carbocycles. The molecule has 0 atom stereocenters. The van der Waals surface area contributed by atoms with E-state index in [2.05, 4.69) is 0 Å². The van der Waals surface area contributed by atoms with E-state index in [9.17, 15) is 4.79 Å². The number of hydrogen-bond donors (Lipinski definition) is 1. The van der Waals surface area contributed by atoms with Gasteiger partial charge in [0.15, 0.2) is 5.11 Å². The van der Waals surface area contributed by atoms with E-state index in [1.54, 1.807) is 5.01 Å². The summed E-state index contributed by atoms with van der Waals surface area (Å²) in [6.07, 6.45) is 0.536. The maximum absolute atomic E-state index is 12.5. The average Bonchev–Trinajstić information content (AvgIpc) is 2.84. The summed E-state index contributed by atoms with van der Waals surface area (Å²) in [5.41, 5.74) is 10.5. The molecule has 0 spiro atoms. The summed E-state index contributed by atoms with van der Waals surface area (Å²) in [6, 6.07) is 22.9. The van der Waals surface area contributed by atoms with E-state index >= 15 is 0 Å². The molecule has 1 aromatic heterocycles. The van der Waals surface area contributed by atoms with Gasteiger partial charge in [0.2, 0.25) is 0 Å². The van der Waals surface area contributed by atoms with Gasteiger partial charge >= 0.3 is 5.63 Å². The van der Waals surface area contributed by atoms with Crippen molar-refractivity contribution in [2.75, 3.05) is 5.01 Å². The lowest BCUT2D eigenvalue weighted by molar-refractivity contribution is 0.110. The van der Waals surface area contributed by atoms with Crippen LogP contribution in [0.15, 0.2) is 87.1 Å². The number of fused-ring (bicyclic) bond motifs is 2. The highest BCUT2D eigenvalue weighted by Crippen LogP contribution is 2.42. The Morgan fingerprint density at radius 2 is 1.69 bits per heavy atom. The fraction of sp³-hybridized carbons (Fsp3) is 0.179. The van der Waals surface area contributed by atoms with E-state index in [1.165, 1.54) is 6.07 Å². The Morgan fingerprint density at radius 3 is 2.34 bits per heavy atom. The Kier molecular flexibility index (Phi) is 5.65. The number of ether oxygens (including phenoxy) is 1. The summed E-state index contributed by atoms with van der Waals surface area (Å²) in [5, 5.41) is 7.44. The topological polar surface area (TPSA) is 81.1 Å². The molecule has 2 heterocycles. The van der Waals surface area contributed by atoms with E-state index < -0.39 is 11.2 Å². The summed E-state index contributed by atoms with van der Waals surface area (Å²) >= 11 is 5.34. The zero-order valence-corrected chi connectivity index (χ0v) is 20.6. The number of benzene rings is 3. The maximum atomic E-state index is 12.5. The minimum Gasteiger partial charge on any atom is -0.486 e. The van der Waals surface area contributed by atoms with Crippen LogP contribution in [0.3, 0.4) is 0 Å². The third-order valence-electron chi connectivity index (χ3n) is 6.01. The molecule has 0 saturated carbocycles. The summed E-state index contributed by atoms with van der Waals surface area (Å²) in [6.45, 7) is 5.90. The largest absolute Gasteiger partial charge is 0.486 e. The highest BCUT2D eigenvalue weighted by Gasteiger charge is 2.34. The number of anilines is 1. The molecule has 0 bridgehead atoms. The number of para-hydroxylation sites is 1. The SMILES string of the molecule is Cc1c2c(cc3c(-c4ccccc4)cc(=O)oc13)C(=NN(C(N)=S)c1ccccc1)CC(C)(C)O2. The van der Waals surface area contributed by atoms with Gasteiger partial charge < -0.3 is 14.9 Å². The second-order valence-corrected chi connectivity index (χ2v) is 9.59. The lowest BCUT2D eigenvalue weighted by Gasteiger charge is -2.35. The Bertz CT molecular complexity index is 1530. The van der Waals surface area contributed by atoms with Crippen LogP contribution in [0, 0.1) is 6.92 Å². The van der Waals surface area contributed by atoms with Crippen LogP contribution in [0.1, 0.15) is 31.4 Å². The smallest absolute Gasteiger partial charge is 0.336 e. The van der Waals surface area contributed by atoms with Crippen LogP contribution in [0.4, 0.5) is 5.69 Å². The fourth-order valence-electron chi connectivity index (χ4n) is 4.47. The van der Waals surface area contributed by atoms with Gasteiger partial charge in [0.1, 0.15) is 16.9 Å². The Balaban J connectivity index is 1.79. The molecular formula is C28H25N3O3S. The molecule has 1 aliphatic heterocycles. The summed E-state index contributed by atoms with van der Waals surface area (Å²) in [7, 11) is 0. The van der Waals surface area contributed by atoms with Gasteiger partial charge in [0, 0.05) is 29.0 Å². The van der Waals surface area contributed by atoms with E-state index in [-0.39, 0.29) is 5.11 Å². The predicted molar refractivity (Wildman–Crippen MR) is 144 cm³/mol. The molecular weight excluding hydrogens is 458 g/mol. The predicted octanol–water partition coefficient (Wildman–Crippen LogP) is 5.78. The summed E-state index contributed by atoms with van der Waals surface area (Å²) in [4.78, 5) is 12.5. The van der Waals surface area contributed by atoms with E-state index in [0.29, 0.717) is 17.8 Å². The number of thiocarbonyl (C=S) groups is 1. The first-order chi connectivity index (χ1) is 16.7. The van der Waals surface area contributed by atoms with Crippen LogP contribution in [0.5, 0.6) is 5.75 Å². The van der Waals surface area contributed by atoms with Crippen molar-refractivity contribution in [2.45, 2.75) is 32.8 Å². The minimum atomic E-state index is -0.541. The number of hydrogen-bond acceptors (Lipinski definition) is 5. The minimum absolute atomic E-state index is 0.142. The number of aryl methyl sites for hydroxylation is 1. The van der Waals surface area contributed by atoms with Gasteiger partial charge in [-0.1, -0.05) is 48.5 Å². The lowest BCUT2D eigenvalue weighted by Crippen LogP contribution is -2.39. The van der Waals surface area contributed by atoms with Gasteiger partial charge in [0.25, 0.3) is 0 Å². The van der Waals surface area contributed by atoms with Crippen LogP contribution in [0.2, 0.25) is 0 Å². The standard InChI is InChI=1S/C28H25N3O3S/c1-17-25-21(20(15-24(32)33-25)18-10-6-4-7-11-18)14-22-23(16-28(2,3)34-26(17)22)30-31(27(29)35)19-12-8-5-9-13-19/h4-15H,16H2,1-3H3,(H2,29,35). The normalized spacial score (nSPS) is 15.5. The van der Waals surface area contributed by atoms with E-state index in [1.807, 2.05) is 87.5 Å². The molecule has 0 saturated heterocycles. The van der Waals surface area contributed by atoms with Crippen molar-refractivity contribution >= 4 is 39.7 Å². The highest BCUT2D eigenvalue weighted by atomic mass is 32.1.